The molecule has 2 N–H and O–H groups in total. The average molecular weight is 200 g/mol. The SMILES string of the molecule is CCC(N)CCCN(C)C(CC)CC. The van der Waals surface area contributed by atoms with Gasteiger partial charge in [-0.05, 0) is 45.7 Å². The summed E-state index contributed by atoms with van der Waals surface area (Å²) in [7, 11) is 2.23. The number of nitrogens with two attached hydrogens (primary N) is 1. The number of rotatable bonds is 8. The summed E-state index contributed by atoms with van der Waals surface area (Å²) in [6, 6.07) is 1.16. The summed E-state index contributed by atoms with van der Waals surface area (Å²) in [6.07, 6.45) is 6.03. The Morgan fingerprint density at radius 1 is 1.07 bits per heavy atom. The van der Waals surface area contributed by atoms with E-state index in [0.29, 0.717) is 6.04 Å². The van der Waals surface area contributed by atoms with E-state index in [9.17, 15) is 0 Å². The van der Waals surface area contributed by atoms with Crippen LogP contribution >= 0.6 is 0 Å². The first-order valence-electron chi connectivity index (χ1n) is 6.11. The molecule has 0 aliphatic carbocycles. The maximum atomic E-state index is 5.88. The summed E-state index contributed by atoms with van der Waals surface area (Å²) in [5.41, 5.74) is 5.88. The molecule has 0 aromatic carbocycles. The van der Waals surface area contributed by atoms with E-state index in [2.05, 4.69) is 32.7 Å². The third kappa shape index (κ3) is 5.61. The van der Waals surface area contributed by atoms with Gasteiger partial charge in [0, 0.05) is 12.1 Å². The van der Waals surface area contributed by atoms with Gasteiger partial charge in [-0.2, -0.15) is 0 Å². The van der Waals surface area contributed by atoms with Crippen LogP contribution in [-0.4, -0.2) is 30.6 Å². The predicted molar refractivity (Wildman–Crippen MR) is 64.5 cm³/mol. The van der Waals surface area contributed by atoms with Gasteiger partial charge in [0.25, 0.3) is 0 Å². The van der Waals surface area contributed by atoms with Crippen LogP contribution < -0.4 is 5.73 Å². The lowest BCUT2D eigenvalue weighted by Gasteiger charge is -2.26. The van der Waals surface area contributed by atoms with E-state index in [-0.39, 0.29) is 0 Å². The number of hydrogen-bond donors (Lipinski definition) is 1. The van der Waals surface area contributed by atoms with E-state index in [1.165, 1.54) is 32.2 Å². The van der Waals surface area contributed by atoms with Crippen molar-refractivity contribution in [3.8, 4) is 0 Å². The van der Waals surface area contributed by atoms with Gasteiger partial charge in [-0.25, -0.2) is 0 Å². The highest BCUT2D eigenvalue weighted by Gasteiger charge is 2.09. The highest BCUT2D eigenvalue weighted by atomic mass is 15.1. The Bertz CT molecular complexity index is 121. The summed E-state index contributed by atoms with van der Waals surface area (Å²) < 4.78 is 0. The fourth-order valence-corrected chi connectivity index (χ4v) is 1.90. The van der Waals surface area contributed by atoms with Crippen molar-refractivity contribution in [2.75, 3.05) is 13.6 Å². The van der Waals surface area contributed by atoms with Crippen LogP contribution in [0.25, 0.3) is 0 Å². The summed E-state index contributed by atoms with van der Waals surface area (Å²) in [5.74, 6) is 0. The minimum atomic E-state index is 0.408. The molecule has 1 atom stereocenters. The Morgan fingerprint density at radius 3 is 2.07 bits per heavy atom. The standard InChI is InChI=1S/C12H28N2/c1-5-11(13)9-8-10-14(4)12(6-2)7-3/h11-12H,5-10,13H2,1-4H3. The second-order valence-electron chi connectivity index (χ2n) is 4.26. The molecule has 0 fully saturated rings. The largest absolute Gasteiger partial charge is 0.328 e. The number of hydrogen-bond acceptors (Lipinski definition) is 2. The minimum Gasteiger partial charge on any atom is -0.328 e. The highest BCUT2D eigenvalue weighted by Crippen LogP contribution is 2.08. The molecule has 0 rings (SSSR count). The zero-order valence-electron chi connectivity index (χ0n) is 10.4. The molecule has 0 bridgehead atoms. The molecule has 0 amide bonds. The lowest BCUT2D eigenvalue weighted by molar-refractivity contribution is 0.223. The first kappa shape index (κ1) is 13.9. The normalized spacial score (nSPS) is 13.9. The zero-order valence-corrected chi connectivity index (χ0v) is 10.4. The second kappa shape index (κ2) is 8.25. The molecule has 2 heteroatoms. The third-order valence-electron chi connectivity index (χ3n) is 3.18. The van der Waals surface area contributed by atoms with Crippen molar-refractivity contribution in [3.05, 3.63) is 0 Å². The van der Waals surface area contributed by atoms with Gasteiger partial charge in [0.05, 0.1) is 0 Å². The molecule has 14 heavy (non-hydrogen) atoms. The van der Waals surface area contributed by atoms with E-state index in [4.69, 9.17) is 5.73 Å². The van der Waals surface area contributed by atoms with Gasteiger partial charge in [-0.15, -0.1) is 0 Å². The second-order valence-corrected chi connectivity index (χ2v) is 4.26. The fourth-order valence-electron chi connectivity index (χ4n) is 1.90. The van der Waals surface area contributed by atoms with Crippen LogP contribution in [0, 0.1) is 0 Å². The van der Waals surface area contributed by atoms with Gasteiger partial charge < -0.3 is 10.6 Å². The average Bonchev–Trinajstić information content (AvgIpc) is 2.19. The lowest BCUT2D eigenvalue weighted by Crippen LogP contribution is -2.32. The molecule has 0 aliphatic heterocycles. The molecule has 0 saturated carbocycles. The van der Waals surface area contributed by atoms with Crippen molar-refractivity contribution in [2.45, 2.75) is 65.0 Å². The highest BCUT2D eigenvalue weighted by molar-refractivity contribution is 4.66. The lowest BCUT2D eigenvalue weighted by atomic mass is 10.1. The smallest absolute Gasteiger partial charge is 0.00869 e. The van der Waals surface area contributed by atoms with E-state index in [1.807, 2.05) is 0 Å². The van der Waals surface area contributed by atoms with Crippen LogP contribution in [-0.2, 0) is 0 Å². The van der Waals surface area contributed by atoms with E-state index < -0.39 is 0 Å². The molecule has 0 saturated heterocycles. The first-order valence-corrected chi connectivity index (χ1v) is 6.11. The van der Waals surface area contributed by atoms with Crippen LogP contribution in [0.2, 0.25) is 0 Å². The van der Waals surface area contributed by atoms with Crippen molar-refractivity contribution in [1.29, 1.82) is 0 Å². The van der Waals surface area contributed by atoms with Gasteiger partial charge in [-0.3, -0.25) is 0 Å². The topological polar surface area (TPSA) is 29.3 Å². The minimum absolute atomic E-state index is 0.408. The molecule has 86 valence electrons. The molecule has 0 aromatic rings. The Labute approximate surface area is 89.9 Å². The number of nitrogens with zero attached hydrogens (tertiary/aromatic N) is 1. The van der Waals surface area contributed by atoms with Crippen LogP contribution in [0.4, 0.5) is 0 Å². The van der Waals surface area contributed by atoms with Crippen LogP contribution in [0.1, 0.15) is 52.9 Å². The molecule has 0 heterocycles. The quantitative estimate of drug-likeness (QED) is 0.652. The Hall–Kier alpha value is -0.0800. The van der Waals surface area contributed by atoms with Crippen LogP contribution in [0.5, 0.6) is 0 Å². The molecule has 1 unspecified atom stereocenters. The maximum Gasteiger partial charge on any atom is 0.00869 e. The van der Waals surface area contributed by atoms with E-state index in [0.717, 1.165) is 12.5 Å². The zero-order chi connectivity index (χ0) is 11.0. The van der Waals surface area contributed by atoms with Gasteiger partial charge in [-0.1, -0.05) is 20.8 Å². The fraction of sp³-hybridized carbons (Fsp3) is 1.00. The van der Waals surface area contributed by atoms with Crippen molar-refractivity contribution in [2.24, 2.45) is 5.73 Å². The summed E-state index contributed by atoms with van der Waals surface area (Å²) >= 11 is 0. The molecule has 0 aromatic heterocycles. The monoisotopic (exact) mass is 200 g/mol. The van der Waals surface area contributed by atoms with Crippen molar-refractivity contribution >= 4 is 0 Å². The first-order chi connectivity index (χ1) is 6.65. The van der Waals surface area contributed by atoms with Crippen molar-refractivity contribution < 1.29 is 0 Å². The molecule has 0 spiro atoms. The van der Waals surface area contributed by atoms with Gasteiger partial charge in [0.1, 0.15) is 0 Å². The molecular formula is C12H28N2. The molecule has 0 radical (unpaired) electrons. The summed E-state index contributed by atoms with van der Waals surface area (Å²) in [4.78, 5) is 2.47. The van der Waals surface area contributed by atoms with Gasteiger partial charge >= 0.3 is 0 Å². The van der Waals surface area contributed by atoms with Crippen molar-refractivity contribution in [3.63, 3.8) is 0 Å². The molecule has 0 aliphatic rings. The van der Waals surface area contributed by atoms with Crippen LogP contribution in [0.3, 0.4) is 0 Å². The molecular weight excluding hydrogens is 172 g/mol. The van der Waals surface area contributed by atoms with Crippen LogP contribution in [0.15, 0.2) is 0 Å². The predicted octanol–water partition coefficient (Wildman–Crippen LogP) is 2.62. The van der Waals surface area contributed by atoms with E-state index >= 15 is 0 Å². The Morgan fingerprint density at radius 2 is 1.64 bits per heavy atom. The summed E-state index contributed by atoms with van der Waals surface area (Å²) in [5, 5.41) is 0. The maximum absolute atomic E-state index is 5.88. The van der Waals surface area contributed by atoms with Crippen molar-refractivity contribution in [1.82, 2.24) is 4.90 Å². The summed E-state index contributed by atoms with van der Waals surface area (Å²) in [6.45, 7) is 7.89. The Kier molecular flexibility index (Phi) is 8.20. The van der Waals surface area contributed by atoms with Gasteiger partial charge in [0.2, 0.25) is 0 Å². The van der Waals surface area contributed by atoms with Gasteiger partial charge in [0.15, 0.2) is 0 Å². The Balaban J connectivity index is 3.56. The third-order valence-corrected chi connectivity index (χ3v) is 3.18. The molecule has 2 nitrogen and oxygen atoms in total. The van der Waals surface area contributed by atoms with E-state index in [1.54, 1.807) is 0 Å².